The average Bonchev–Trinajstić information content (AvgIpc) is 3.45. The number of halogens is 2. The molecule has 2 fully saturated rings. The molecular weight excluding hydrogens is 657 g/mol. The van der Waals surface area contributed by atoms with Gasteiger partial charge in [-0.3, -0.25) is 23.9 Å². The van der Waals surface area contributed by atoms with E-state index < -0.39 is 22.9 Å². The summed E-state index contributed by atoms with van der Waals surface area (Å²) in [7, 11) is 4.26. The molecule has 4 heterocycles. The number of methoxy groups -OCH3 is 1. The number of carbonyl (C=O) groups is 2. The van der Waals surface area contributed by atoms with Crippen molar-refractivity contribution in [2.24, 2.45) is 19.5 Å². The van der Waals surface area contributed by atoms with Crippen LogP contribution >= 0.6 is 23.2 Å². The molecule has 1 N–H and O–H groups in total. The van der Waals surface area contributed by atoms with Gasteiger partial charge < -0.3 is 15.0 Å². The molecule has 1 atom stereocenters. The van der Waals surface area contributed by atoms with Crippen molar-refractivity contribution < 1.29 is 14.3 Å². The van der Waals surface area contributed by atoms with Crippen LogP contribution in [0.4, 0.5) is 5.69 Å². The number of hydrogen-bond donors (Lipinski definition) is 1. The molecule has 3 aliphatic rings. The highest BCUT2D eigenvalue weighted by Crippen LogP contribution is 2.50. The van der Waals surface area contributed by atoms with Crippen LogP contribution in [0.2, 0.25) is 10.0 Å². The summed E-state index contributed by atoms with van der Waals surface area (Å²) >= 11 is 13.9. The van der Waals surface area contributed by atoms with Gasteiger partial charge in [0.2, 0.25) is 17.5 Å². The predicted molar refractivity (Wildman–Crippen MR) is 182 cm³/mol. The molecular formula is C34H33Cl2N7O5. The molecule has 12 nitrogen and oxygen atoms in total. The average molecular weight is 691 g/mol. The Bertz CT molecular complexity index is 2130. The van der Waals surface area contributed by atoms with E-state index in [1.807, 2.05) is 23.1 Å². The Labute approximate surface area is 285 Å². The lowest BCUT2D eigenvalue weighted by molar-refractivity contribution is -0.161. The first-order valence-corrected chi connectivity index (χ1v) is 16.3. The molecule has 2 aliphatic heterocycles. The minimum atomic E-state index is -0.824. The molecule has 248 valence electrons. The molecule has 2 saturated heterocycles. The second-order valence-electron chi connectivity index (χ2n) is 12.8. The molecule has 2 aromatic heterocycles. The molecule has 7 rings (SSSR count). The van der Waals surface area contributed by atoms with Crippen LogP contribution in [0.1, 0.15) is 41.0 Å². The van der Waals surface area contributed by atoms with E-state index in [9.17, 15) is 19.2 Å². The SMILES string of the molecule is COc1nc(-c2cccc(-c3cccc(NC(=O)c4nn(C)c(=O)n(C)c4=O)c3Cl)c2Cl)cc2c1[C@H](N1CC3(CN(C(C)=O)C3)C1)CC2. The van der Waals surface area contributed by atoms with Gasteiger partial charge in [-0.1, -0.05) is 53.5 Å². The van der Waals surface area contributed by atoms with Crippen molar-refractivity contribution in [2.75, 3.05) is 38.6 Å². The molecule has 1 aliphatic carbocycles. The third kappa shape index (κ3) is 5.19. The number of amides is 2. The van der Waals surface area contributed by atoms with E-state index in [4.69, 9.17) is 32.9 Å². The van der Waals surface area contributed by atoms with Crippen molar-refractivity contribution in [3.63, 3.8) is 0 Å². The highest BCUT2D eigenvalue weighted by atomic mass is 35.5. The zero-order valence-electron chi connectivity index (χ0n) is 26.8. The van der Waals surface area contributed by atoms with E-state index >= 15 is 0 Å². The van der Waals surface area contributed by atoms with Gasteiger partial charge in [-0.15, -0.1) is 0 Å². The van der Waals surface area contributed by atoms with Crippen molar-refractivity contribution in [3.05, 3.63) is 90.2 Å². The summed E-state index contributed by atoms with van der Waals surface area (Å²) in [6.45, 7) is 5.19. The summed E-state index contributed by atoms with van der Waals surface area (Å²) in [6, 6.07) is 13.0. The van der Waals surface area contributed by atoms with Crippen LogP contribution in [0.5, 0.6) is 5.88 Å². The van der Waals surface area contributed by atoms with Gasteiger partial charge in [-0.05, 0) is 30.5 Å². The minimum Gasteiger partial charge on any atom is -0.481 e. The number of nitrogens with one attached hydrogen (secondary N) is 1. The third-order valence-electron chi connectivity index (χ3n) is 9.69. The Morgan fingerprint density at radius 2 is 1.65 bits per heavy atom. The maximum absolute atomic E-state index is 13.1. The third-order valence-corrected chi connectivity index (χ3v) is 10.5. The number of nitrogens with zero attached hydrogens (tertiary/aromatic N) is 6. The Balaban J connectivity index is 1.16. The number of hydrogen-bond acceptors (Lipinski definition) is 8. The molecule has 4 aromatic rings. The molecule has 1 spiro atoms. The van der Waals surface area contributed by atoms with Crippen molar-refractivity contribution in [1.82, 2.24) is 29.1 Å². The maximum Gasteiger partial charge on any atom is 0.346 e. The summed E-state index contributed by atoms with van der Waals surface area (Å²) in [5.41, 5.74) is 3.36. The molecule has 0 bridgehead atoms. The second-order valence-corrected chi connectivity index (χ2v) is 13.6. The standard InChI is InChI=1S/C34H33Cl2N7O5/c1-18(44)42-14-34(15-42)16-43(17-34)25-12-11-19-13-24(38-31(48-4)26(19)25)22-9-5-7-20(27(22)35)21-8-6-10-23(28(21)36)37-30(45)29-32(46)40(2)33(47)41(3)39-29/h5-10,13,25H,11-12,14-17H2,1-4H3,(H,37,45)/t25-/m1/s1. The monoisotopic (exact) mass is 689 g/mol. The molecule has 0 radical (unpaired) electrons. The fourth-order valence-electron chi connectivity index (χ4n) is 7.26. The van der Waals surface area contributed by atoms with Crippen LogP contribution in [-0.4, -0.2) is 74.2 Å². The topological polar surface area (TPSA) is 132 Å². The van der Waals surface area contributed by atoms with Gasteiger partial charge in [0.05, 0.1) is 28.5 Å². The van der Waals surface area contributed by atoms with E-state index in [1.54, 1.807) is 32.2 Å². The molecule has 14 heteroatoms. The van der Waals surface area contributed by atoms with Crippen LogP contribution in [0.25, 0.3) is 22.4 Å². The van der Waals surface area contributed by atoms with Crippen LogP contribution in [-0.2, 0) is 25.3 Å². The summed E-state index contributed by atoms with van der Waals surface area (Å²) < 4.78 is 7.59. The van der Waals surface area contributed by atoms with Gasteiger partial charge in [0, 0.05) is 80.9 Å². The van der Waals surface area contributed by atoms with Gasteiger partial charge >= 0.3 is 5.69 Å². The number of fused-ring (bicyclic) bond motifs is 1. The number of aromatic nitrogens is 4. The van der Waals surface area contributed by atoms with E-state index in [0.29, 0.717) is 33.3 Å². The quantitative estimate of drug-likeness (QED) is 0.322. The van der Waals surface area contributed by atoms with Gasteiger partial charge in [-0.25, -0.2) is 14.5 Å². The number of benzene rings is 2. The highest BCUT2D eigenvalue weighted by molar-refractivity contribution is 6.39. The van der Waals surface area contributed by atoms with Crippen LogP contribution in [0.15, 0.2) is 52.1 Å². The van der Waals surface area contributed by atoms with Gasteiger partial charge in [0.15, 0.2) is 0 Å². The summed E-state index contributed by atoms with van der Waals surface area (Å²) in [4.78, 5) is 58.7. The first kappa shape index (κ1) is 32.0. The lowest BCUT2D eigenvalue weighted by atomic mass is 9.72. The lowest BCUT2D eigenvalue weighted by Gasteiger charge is -2.61. The summed E-state index contributed by atoms with van der Waals surface area (Å²) in [5, 5.41) is 7.12. The van der Waals surface area contributed by atoms with Crippen molar-refractivity contribution in [1.29, 1.82) is 0 Å². The number of rotatable bonds is 6. The van der Waals surface area contributed by atoms with E-state index in [-0.39, 0.29) is 28.1 Å². The predicted octanol–water partition coefficient (Wildman–Crippen LogP) is 3.93. The van der Waals surface area contributed by atoms with E-state index in [0.717, 1.165) is 53.8 Å². The van der Waals surface area contributed by atoms with Gasteiger partial charge in [0.1, 0.15) is 0 Å². The smallest absolute Gasteiger partial charge is 0.346 e. The Morgan fingerprint density at radius 1 is 0.979 bits per heavy atom. The molecule has 2 amide bonds. The van der Waals surface area contributed by atoms with Crippen LogP contribution in [0, 0.1) is 5.41 Å². The van der Waals surface area contributed by atoms with Crippen molar-refractivity contribution in [2.45, 2.75) is 25.8 Å². The van der Waals surface area contributed by atoms with Crippen LogP contribution < -0.4 is 21.3 Å². The first-order chi connectivity index (χ1) is 22.9. The largest absolute Gasteiger partial charge is 0.481 e. The van der Waals surface area contributed by atoms with Crippen LogP contribution in [0.3, 0.4) is 0 Å². The number of carbonyl (C=O) groups excluding carboxylic acids is 2. The zero-order valence-corrected chi connectivity index (χ0v) is 28.4. The van der Waals surface area contributed by atoms with Crippen molar-refractivity contribution >= 4 is 40.7 Å². The molecule has 0 saturated carbocycles. The Kier molecular flexibility index (Phi) is 7.92. The Hall–Kier alpha value is -4.52. The fourth-order valence-corrected chi connectivity index (χ4v) is 7.86. The maximum atomic E-state index is 13.1. The molecule has 48 heavy (non-hydrogen) atoms. The summed E-state index contributed by atoms with van der Waals surface area (Å²) in [6.07, 6.45) is 1.85. The van der Waals surface area contributed by atoms with Gasteiger partial charge in [0.25, 0.3) is 11.5 Å². The minimum absolute atomic E-state index is 0.136. The fraction of sp³-hybridized carbons (Fsp3) is 0.353. The van der Waals surface area contributed by atoms with E-state index in [1.165, 1.54) is 19.7 Å². The number of anilines is 1. The van der Waals surface area contributed by atoms with Crippen molar-refractivity contribution in [3.8, 4) is 28.3 Å². The van der Waals surface area contributed by atoms with E-state index in [2.05, 4.69) is 21.4 Å². The normalized spacial score (nSPS) is 17.9. The molecule has 0 unspecified atom stereocenters. The first-order valence-electron chi connectivity index (χ1n) is 15.5. The second kappa shape index (κ2) is 11.9. The van der Waals surface area contributed by atoms with Gasteiger partial charge in [-0.2, -0.15) is 5.10 Å². The number of aryl methyl sites for hydroxylation is 2. The Morgan fingerprint density at radius 3 is 2.33 bits per heavy atom. The molecule has 2 aromatic carbocycles. The summed E-state index contributed by atoms with van der Waals surface area (Å²) in [5.74, 6) is -0.0961. The number of ether oxygens (including phenoxy) is 1. The lowest BCUT2D eigenvalue weighted by Crippen LogP contribution is -2.72. The highest BCUT2D eigenvalue weighted by Gasteiger charge is 2.55. The number of pyridine rings is 1. The zero-order chi connectivity index (χ0) is 34.1. The number of likely N-dealkylation sites (tertiary alicyclic amines) is 2.